The standard InChI is InChI=1S/C19H18ClN3O4S2/c20-18-7-6-17(15-21)19(14-18)29(26,27)23-11-9-22(10-12-23)28(24,25)13-8-16-4-2-1-3-5-16/h1-8,13-14H,9-12H2/b13-8+. The molecule has 0 amide bonds. The van der Waals surface area contributed by atoms with E-state index in [0.29, 0.717) is 0 Å². The minimum Gasteiger partial charge on any atom is -0.208 e. The van der Waals surface area contributed by atoms with Crippen LogP contribution in [-0.2, 0) is 20.0 Å². The van der Waals surface area contributed by atoms with E-state index in [4.69, 9.17) is 11.6 Å². The minimum atomic E-state index is -3.96. The number of hydrogen-bond acceptors (Lipinski definition) is 5. The number of rotatable bonds is 5. The van der Waals surface area contributed by atoms with E-state index in [0.717, 1.165) is 11.0 Å². The van der Waals surface area contributed by atoms with Crippen molar-refractivity contribution < 1.29 is 16.8 Å². The van der Waals surface area contributed by atoms with Gasteiger partial charge in [-0.2, -0.15) is 13.9 Å². The summed E-state index contributed by atoms with van der Waals surface area (Å²) < 4.78 is 53.3. The Labute approximate surface area is 175 Å². The Kier molecular flexibility index (Phi) is 6.41. The van der Waals surface area contributed by atoms with E-state index >= 15 is 0 Å². The quantitative estimate of drug-likeness (QED) is 0.695. The van der Waals surface area contributed by atoms with E-state index in [2.05, 4.69) is 0 Å². The lowest BCUT2D eigenvalue weighted by atomic mass is 10.2. The lowest BCUT2D eigenvalue weighted by Crippen LogP contribution is -2.50. The lowest BCUT2D eigenvalue weighted by molar-refractivity contribution is 0.275. The Hall–Kier alpha value is -2.22. The van der Waals surface area contributed by atoms with E-state index in [1.807, 2.05) is 12.1 Å². The van der Waals surface area contributed by atoms with Gasteiger partial charge in [-0.1, -0.05) is 41.9 Å². The molecule has 2 aromatic rings. The number of piperazine rings is 1. The molecule has 0 radical (unpaired) electrons. The van der Waals surface area contributed by atoms with Crippen LogP contribution in [0.3, 0.4) is 0 Å². The smallest absolute Gasteiger partial charge is 0.208 e. The highest BCUT2D eigenvalue weighted by Crippen LogP contribution is 2.25. The first-order valence-corrected chi connectivity index (χ1v) is 12.0. The Morgan fingerprint density at radius 2 is 1.55 bits per heavy atom. The van der Waals surface area contributed by atoms with Crippen molar-refractivity contribution in [1.82, 2.24) is 8.61 Å². The van der Waals surface area contributed by atoms with E-state index < -0.39 is 20.0 Å². The van der Waals surface area contributed by atoms with Gasteiger partial charge in [0, 0.05) is 36.6 Å². The van der Waals surface area contributed by atoms with Crippen LogP contribution in [0.25, 0.3) is 6.08 Å². The van der Waals surface area contributed by atoms with Crippen LogP contribution in [0.15, 0.2) is 58.8 Å². The fourth-order valence-electron chi connectivity index (χ4n) is 2.92. The maximum Gasteiger partial charge on any atom is 0.244 e. The van der Waals surface area contributed by atoms with Crippen LogP contribution < -0.4 is 0 Å². The van der Waals surface area contributed by atoms with Crippen molar-refractivity contribution in [3.05, 3.63) is 70.1 Å². The molecule has 0 bridgehead atoms. The highest BCUT2D eigenvalue weighted by atomic mass is 35.5. The Bertz CT molecular complexity index is 1170. The zero-order chi connectivity index (χ0) is 21.1. The molecule has 1 aliphatic heterocycles. The summed E-state index contributed by atoms with van der Waals surface area (Å²) >= 11 is 5.90. The molecule has 7 nitrogen and oxygen atoms in total. The van der Waals surface area contributed by atoms with Gasteiger partial charge >= 0.3 is 0 Å². The van der Waals surface area contributed by atoms with E-state index in [1.165, 1.54) is 32.9 Å². The second kappa shape index (κ2) is 8.65. The van der Waals surface area contributed by atoms with Crippen LogP contribution in [0.5, 0.6) is 0 Å². The number of nitriles is 1. The predicted molar refractivity (Wildman–Crippen MR) is 111 cm³/mol. The maximum absolute atomic E-state index is 12.9. The second-order valence-corrected chi connectivity index (χ2v) is 10.5. The molecule has 0 N–H and O–H groups in total. The van der Waals surface area contributed by atoms with Crippen molar-refractivity contribution in [3.63, 3.8) is 0 Å². The number of benzene rings is 2. The maximum atomic E-state index is 12.9. The summed E-state index contributed by atoms with van der Waals surface area (Å²) in [5, 5.41) is 10.5. The molecule has 1 fully saturated rings. The monoisotopic (exact) mass is 451 g/mol. The predicted octanol–water partition coefficient (Wildman–Crippen LogP) is 2.52. The van der Waals surface area contributed by atoms with Gasteiger partial charge in [-0.15, -0.1) is 0 Å². The number of nitrogens with zero attached hydrogens (tertiary/aromatic N) is 3. The summed E-state index contributed by atoms with van der Waals surface area (Å²) in [6.45, 7) is 0.00252. The third-order valence-corrected chi connectivity index (χ3v) is 8.21. The van der Waals surface area contributed by atoms with Crippen LogP contribution in [-0.4, -0.2) is 51.6 Å². The summed E-state index contributed by atoms with van der Waals surface area (Å²) in [5.74, 6) is 0. The molecule has 0 unspecified atom stereocenters. The zero-order valence-corrected chi connectivity index (χ0v) is 17.7. The topological polar surface area (TPSA) is 98.5 Å². The Morgan fingerprint density at radius 3 is 2.17 bits per heavy atom. The van der Waals surface area contributed by atoms with Gasteiger partial charge < -0.3 is 0 Å². The van der Waals surface area contributed by atoms with Gasteiger partial charge in [-0.25, -0.2) is 16.8 Å². The molecule has 0 spiro atoms. The number of hydrogen-bond donors (Lipinski definition) is 0. The molecule has 152 valence electrons. The van der Waals surface area contributed by atoms with E-state index in [-0.39, 0.29) is 41.7 Å². The third-order valence-electron chi connectivity index (χ3n) is 4.47. The fourth-order valence-corrected chi connectivity index (χ4v) is 5.92. The van der Waals surface area contributed by atoms with Gasteiger partial charge in [0.2, 0.25) is 20.0 Å². The van der Waals surface area contributed by atoms with Gasteiger partial charge in [0.15, 0.2) is 0 Å². The number of halogens is 1. The highest BCUT2D eigenvalue weighted by molar-refractivity contribution is 7.92. The van der Waals surface area contributed by atoms with Crippen LogP contribution in [0.2, 0.25) is 5.02 Å². The van der Waals surface area contributed by atoms with Crippen molar-refractivity contribution in [1.29, 1.82) is 5.26 Å². The minimum absolute atomic E-state index is 0.00440. The number of sulfonamides is 2. The molecule has 1 heterocycles. The summed E-state index contributed by atoms with van der Waals surface area (Å²) in [7, 11) is -7.64. The van der Waals surface area contributed by atoms with Gasteiger partial charge in [0.1, 0.15) is 11.0 Å². The first-order chi connectivity index (χ1) is 13.7. The molecule has 29 heavy (non-hydrogen) atoms. The molecule has 1 saturated heterocycles. The summed E-state index contributed by atoms with van der Waals surface area (Å²) in [5.41, 5.74) is 0.748. The molecule has 0 aromatic heterocycles. The van der Waals surface area contributed by atoms with Gasteiger partial charge in [-0.3, -0.25) is 0 Å². The van der Waals surface area contributed by atoms with Crippen LogP contribution >= 0.6 is 11.6 Å². The average Bonchev–Trinajstić information content (AvgIpc) is 2.73. The van der Waals surface area contributed by atoms with E-state index in [9.17, 15) is 22.1 Å². The molecule has 1 aliphatic rings. The van der Waals surface area contributed by atoms with Crippen molar-refractivity contribution >= 4 is 37.7 Å². The fraction of sp³-hybridized carbons (Fsp3) is 0.211. The van der Waals surface area contributed by atoms with Gasteiger partial charge in [0.25, 0.3) is 0 Å². The van der Waals surface area contributed by atoms with Crippen LogP contribution in [0.4, 0.5) is 0 Å². The molecular weight excluding hydrogens is 434 g/mol. The molecule has 2 aromatic carbocycles. The van der Waals surface area contributed by atoms with Crippen LogP contribution in [0.1, 0.15) is 11.1 Å². The van der Waals surface area contributed by atoms with Gasteiger partial charge in [-0.05, 0) is 29.8 Å². The molecule has 0 atom stereocenters. The van der Waals surface area contributed by atoms with Crippen molar-refractivity contribution in [2.24, 2.45) is 0 Å². The van der Waals surface area contributed by atoms with Crippen LogP contribution in [0, 0.1) is 11.3 Å². The molecule has 3 rings (SSSR count). The van der Waals surface area contributed by atoms with Crippen molar-refractivity contribution in [2.75, 3.05) is 26.2 Å². The lowest BCUT2D eigenvalue weighted by Gasteiger charge is -2.32. The molecule has 10 heteroatoms. The highest BCUT2D eigenvalue weighted by Gasteiger charge is 2.33. The SMILES string of the molecule is N#Cc1ccc(Cl)cc1S(=O)(=O)N1CCN(S(=O)(=O)/C=C/c2ccccc2)CC1. The molecule has 0 aliphatic carbocycles. The van der Waals surface area contributed by atoms with E-state index in [1.54, 1.807) is 24.3 Å². The third kappa shape index (κ3) is 4.86. The average molecular weight is 452 g/mol. The Balaban J connectivity index is 1.74. The van der Waals surface area contributed by atoms with Crippen molar-refractivity contribution in [3.8, 4) is 6.07 Å². The van der Waals surface area contributed by atoms with Gasteiger partial charge in [0.05, 0.1) is 5.56 Å². The first-order valence-electron chi connectivity index (χ1n) is 8.67. The summed E-state index contributed by atoms with van der Waals surface area (Å²) in [6.07, 6.45) is 1.50. The summed E-state index contributed by atoms with van der Waals surface area (Å²) in [4.78, 5) is -0.173. The largest absolute Gasteiger partial charge is 0.244 e. The zero-order valence-electron chi connectivity index (χ0n) is 15.3. The second-order valence-electron chi connectivity index (χ2n) is 6.31. The molecule has 0 saturated carbocycles. The normalized spacial score (nSPS) is 16.7. The molecular formula is C19H18ClN3O4S2. The summed E-state index contributed by atoms with van der Waals surface area (Å²) in [6, 6.07) is 14.9. The first kappa shape index (κ1) is 21.5. The Morgan fingerprint density at radius 1 is 0.931 bits per heavy atom. The van der Waals surface area contributed by atoms with Crippen molar-refractivity contribution in [2.45, 2.75) is 4.90 Å².